The number of aliphatic hydroxyl groups is 1. The number of nitrogens with zero attached hydrogens (tertiary/aromatic N) is 2. The summed E-state index contributed by atoms with van der Waals surface area (Å²) in [6.07, 6.45) is 2.87. The molecule has 1 N–H and O–H groups in total. The Morgan fingerprint density at radius 3 is 2.61 bits per heavy atom. The van der Waals surface area contributed by atoms with Gasteiger partial charge in [0.2, 0.25) is 6.79 Å². The number of fused-ring (bicyclic) bond motifs is 1. The summed E-state index contributed by atoms with van der Waals surface area (Å²) in [5.41, 5.74) is 0.642. The molecule has 23 heavy (non-hydrogen) atoms. The molecule has 1 amide bonds. The van der Waals surface area contributed by atoms with Gasteiger partial charge >= 0.3 is 0 Å². The normalized spacial score (nSPS) is 27.4. The highest BCUT2D eigenvalue weighted by Crippen LogP contribution is 2.33. The molecule has 0 aromatic heterocycles. The Bertz CT molecular complexity index is 598. The summed E-state index contributed by atoms with van der Waals surface area (Å²) in [7, 11) is 0. The Morgan fingerprint density at radius 2 is 1.87 bits per heavy atom. The molecule has 2 fully saturated rings. The average molecular weight is 318 g/mol. The zero-order valence-electron chi connectivity index (χ0n) is 13.1. The molecule has 0 spiro atoms. The second-order valence-electron chi connectivity index (χ2n) is 6.46. The summed E-state index contributed by atoms with van der Waals surface area (Å²) in [4.78, 5) is 16.9. The van der Waals surface area contributed by atoms with Crippen molar-refractivity contribution >= 4 is 5.91 Å². The number of ether oxygens (including phenoxy) is 2. The summed E-state index contributed by atoms with van der Waals surface area (Å²) >= 11 is 0. The van der Waals surface area contributed by atoms with E-state index in [2.05, 4.69) is 4.90 Å². The third-order valence-electron chi connectivity index (χ3n) is 5.13. The van der Waals surface area contributed by atoms with Crippen LogP contribution in [0.4, 0.5) is 0 Å². The van der Waals surface area contributed by atoms with E-state index in [1.54, 1.807) is 18.2 Å². The highest BCUT2D eigenvalue weighted by atomic mass is 16.7. The van der Waals surface area contributed by atoms with Gasteiger partial charge in [-0.05, 0) is 37.5 Å². The molecular formula is C17H22N2O4. The fourth-order valence-electron chi connectivity index (χ4n) is 3.82. The Kier molecular flexibility index (Phi) is 3.87. The lowest BCUT2D eigenvalue weighted by Gasteiger charge is -2.39. The fraction of sp³-hybridized carbons (Fsp3) is 0.588. The van der Waals surface area contributed by atoms with Crippen LogP contribution in [0.5, 0.6) is 11.5 Å². The molecule has 1 aromatic rings. The summed E-state index contributed by atoms with van der Waals surface area (Å²) in [6, 6.07) is 5.62. The first-order chi connectivity index (χ1) is 11.2. The van der Waals surface area contributed by atoms with Crippen LogP contribution in [0.2, 0.25) is 0 Å². The predicted octanol–water partition coefficient (Wildman–Crippen LogP) is 1.09. The highest BCUT2D eigenvalue weighted by molar-refractivity contribution is 5.95. The van der Waals surface area contributed by atoms with Gasteiger partial charge in [0.05, 0.1) is 6.10 Å². The summed E-state index contributed by atoms with van der Waals surface area (Å²) in [6.45, 7) is 3.29. The molecule has 2 heterocycles. The minimum atomic E-state index is -0.203. The first kappa shape index (κ1) is 14.8. The molecule has 2 atom stereocenters. The van der Waals surface area contributed by atoms with Crippen molar-refractivity contribution in [2.24, 2.45) is 0 Å². The zero-order valence-corrected chi connectivity index (χ0v) is 13.1. The third kappa shape index (κ3) is 2.77. The van der Waals surface area contributed by atoms with E-state index in [0.29, 0.717) is 30.2 Å². The number of rotatable bonds is 2. The van der Waals surface area contributed by atoms with Crippen LogP contribution in [-0.2, 0) is 0 Å². The first-order valence-corrected chi connectivity index (χ1v) is 8.33. The summed E-state index contributed by atoms with van der Waals surface area (Å²) in [5.74, 6) is 1.38. The van der Waals surface area contributed by atoms with Crippen molar-refractivity contribution in [2.75, 3.05) is 33.0 Å². The number of carbonyl (C=O) groups excluding carboxylic acids is 1. The minimum absolute atomic E-state index is 0.0370. The first-order valence-electron chi connectivity index (χ1n) is 8.33. The lowest BCUT2D eigenvalue weighted by molar-refractivity contribution is 0.0315. The second-order valence-corrected chi connectivity index (χ2v) is 6.46. The van der Waals surface area contributed by atoms with E-state index in [1.165, 1.54) is 0 Å². The maximum atomic E-state index is 12.7. The van der Waals surface area contributed by atoms with Crippen LogP contribution in [0, 0.1) is 0 Å². The van der Waals surface area contributed by atoms with E-state index in [-0.39, 0.29) is 24.8 Å². The van der Waals surface area contributed by atoms with Crippen molar-refractivity contribution in [2.45, 2.75) is 31.4 Å². The molecule has 3 aliphatic rings. The largest absolute Gasteiger partial charge is 0.454 e. The van der Waals surface area contributed by atoms with Crippen LogP contribution >= 0.6 is 0 Å². The van der Waals surface area contributed by atoms with E-state index < -0.39 is 0 Å². The molecule has 1 saturated heterocycles. The third-order valence-corrected chi connectivity index (χ3v) is 5.13. The summed E-state index contributed by atoms with van der Waals surface area (Å²) in [5, 5.41) is 10.0. The van der Waals surface area contributed by atoms with Crippen molar-refractivity contribution in [3.63, 3.8) is 0 Å². The molecular weight excluding hydrogens is 296 g/mol. The quantitative estimate of drug-likeness (QED) is 0.884. The number of hydrogen-bond donors (Lipinski definition) is 1. The van der Waals surface area contributed by atoms with Gasteiger partial charge in [0, 0.05) is 37.8 Å². The van der Waals surface area contributed by atoms with Gasteiger partial charge in [-0.1, -0.05) is 0 Å². The molecule has 0 radical (unpaired) electrons. The number of carbonyl (C=O) groups is 1. The molecule has 6 nitrogen and oxygen atoms in total. The van der Waals surface area contributed by atoms with Crippen molar-refractivity contribution in [3.8, 4) is 11.5 Å². The van der Waals surface area contributed by atoms with E-state index in [0.717, 1.165) is 32.4 Å². The predicted molar refractivity (Wildman–Crippen MR) is 83.7 cm³/mol. The maximum Gasteiger partial charge on any atom is 0.254 e. The Labute approximate surface area is 135 Å². The Hall–Kier alpha value is -1.79. The second kappa shape index (κ2) is 6.02. The number of piperazine rings is 1. The molecule has 1 saturated carbocycles. The lowest BCUT2D eigenvalue weighted by Crippen LogP contribution is -2.53. The molecule has 4 rings (SSSR count). The van der Waals surface area contributed by atoms with Gasteiger partial charge < -0.3 is 19.5 Å². The van der Waals surface area contributed by atoms with Crippen molar-refractivity contribution in [3.05, 3.63) is 23.8 Å². The number of aliphatic hydroxyl groups excluding tert-OH is 1. The Balaban J connectivity index is 1.39. The van der Waals surface area contributed by atoms with Crippen molar-refractivity contribution in [1.82, 2.24) is 9.80 Å². The molecule has 0 unspecified atom stereocenters. The van der Waals surface area contributed by atoms with Crippen molar-refractivity contribution < 1.29 is 19.4 Å². The van der Waals surface area contributed by atoms with E-state index in [9.17, 15) is 9.90 Å². The molecule has 6 heteroatoms. The van der Waals surface area contributed by atoms with E-state index in [1.807, 2.05) is 4.90 Å². The Morgan fingerprint density at radius 1 is 1.09 bits per heavy atom. The van der Waals surface area contributed by atoms with E-state index >= 15 is 0 Å². The van der Waals surface area contributed by atoms with Gasteiger partial charge in [-0.15, -0.1) is 0 Å². The molecule has 1 aromatic carbocycles. The van der Waals surface area contributed by atoms with Crippen molar-refractivity contribution in [1.29, 1.82) is 0 Å². The molecule has 124 valence electrons. The van der Waals surface area contributed by atoms with E-state index in [4.69, 9.17) is 9.47 Å². The zero-order chi connectivity index (χ0) is 15.8. The minimum Gasteiger partial charge on any atom is -0.454 e. The SMILES string of the molecule is O=C(c1ccc2c(c1)OCO2)N1CCN([C@@H]2CCC[C@H]2O)CC1. The molecule has 2 aliphatic heterocycles. The van der Waals surface area contributed by atoms with Crippen LogP contribution in [0.15, 0.2) is 18.2 Å². The van der Waals surface area contributed by atoms with Crippen LogP contribution in [0.1, 0.15) is 29.6 Å². The van der Waals surface area contributed by atoms with Gasteiger partial charge in [0.1, 0.15) is 0 Å². The van der Waals surface area contributed by atoms with Gasteiger partial charge in [-0.2, -0.15) is 0 Å². The smallest absolute Gasteiger partial charge is 0.254 e. The number of hydrogen-bond acceptors (Lipinski definition) is 5. The maximum absolute atomic E-state index is 12.7. The number of amides is 1. The number of benzene rings is 1. The van der Waals surface area contributed by atoms with Crippen LogP contribution < -0.4 is 9.47 Å². The summed E-state index contributed by atoms with van der Waals surface area (Å²) < 4.78 is 10.6. The van der Waals surface area contributed by atoms with Gasteiger partial charge in [0.15, 0.2) is 11.5 Å². The average Bonchev–Trinajstić information content (AvgIpc) is 3.22. The van der Waals surface area contributed by atoms with Crippen LogP contribution in [0.3, 0.4) is 0 Å². The molecule has 1 aliphatic carbocycles. The monoisotopic (exact) mass is 318 g/mol. The molecule has 0 bridgehead atoms. The topological polar surface area (TPSA) is 62.2 Å². The standard InChI is InChI=1S/C17H22N2O4/c20-14-3-1-2-13(14)18-6-8-19(9-7-18)17(21)12-4-5-15-16(10-12)23-11-22-15/h4-5,10,13-14,20H,1-3,6-9,11H2/t13-,14-/m1/s1. The highest BCUT2D eigenvalue weighted by Gasteiger charge is 2.33. The van der Waals surface area contributed by atoms with Gasteiger partial charge in [-0.25, -0.2) is 0 Å². The van der Waals surface area contributed by atoms with Gasteiger partial charge in [-0.3, -0.25) is 9.69 Å². The fourth-order valence-corrected chi connectivity index (χ4v) is 3.82. The van der Waals surface area contributed by atoms with Crippen LogP contribution in [0.25, 0.3) is 0 Å². The van der Waals surface area contributed by atoms with Gasteiger partial charge in [0.25, 0.3) is 5.91 Å². The van der Waals surface area contributed by atoms with Crippen LogP contribution in [-0.4, -0.2) is 65.9 Å². The lowest BCUT2D eigenvalue weighted by atomic mass is 10.1.